The van der Waals surface area contributed by atoms with E-state index in [4.69, 9.17) is 4.74 Å². The van der Waals surface area contributed by atoms with Crippen molar-refractivity contribution in [1.82, 2.24) is 4.90 Å². The number of methoxy groups -OCH3 is 1. The quantitative estimate of drug-likeness (QED) is 0.750. The van der Waals surface area contributed by atoms with Crippen LogP contribution in [0.3, 0.4) is 0 Å². The van der Waals surface area contributed by atoms with Crippen molar-refractivity contribution in [2.45, 2.75) is 25.5 Å². The highest BCUT2D eigenvalue weighted by atomic mass is 16.5. The van der Waals surface area contributed by atoms with Gasteiger partial charge in [-0.2, -0.15) is 0 Å². The molecular weight excluding hydrogens is 186 g/mol. The van der Waals surface area contributed by atoms with Crippen LogP contribution in [0.1, 0.15) is 19.4 Å². The van der Waals surface area contributed by atoms with Gasteiger partial charge in [-0.15, -0.1) is 0 Å². The minimum Gasteiger partial charge on any atom is -0.379 e. The first-order chi connectivity index (χ1) is 7.14. The number of rotatable bonds is 3. The fraction of sp³-hybridized carbons (Fsp3) is 0.538. The molecule has 1 aromatic carbocycles. The molecule has 0 bridgehead atoms. The molecule has 1 fully saturated rings. The Morgan fingerprint density at radius 2 is 1.80 bits per heavy atom. The lowest BCUT2D eigenvalue weighted by molar-refractivity contribution is -0.0778. The summed E-state index contributed by atoms with van der Waals surface area (Å²) in [6.45, 7) is 6.62. The van der Waals surface area contributed by atoms with E-state index in [1.807, 2.05) is 0 Å². The van der Waals surface area contributed by atoms with Crippen LogP contribution in [0.15, 0.2) is 30.3 Å². The maximum absolute atomic E-state index is 5.31. The lowest BCUT2D eigenvalue weighted by atomic mass is 9.89. The fourth-order valence-corrected chi connectivity index (χ4v) is 2.07. The predicted molar refractivity (Wildman–Crippen MR) is 61.8 cm³/mol. The van der Waals surface area contributed by atoms with Crippen molar-refractivity contribution in [3.05, 3.63) is 35.9 Å². The minimum atomic E-state index is 0.121. The molecule has 0 saturated carbocycles. The summed E-state index contributed by atoms with van der Waals surface area (Å²) in [5.41, 5.74) is 1.50. The first-order valence-electron chi connectivity index (χ1n) is 5.48. The first kappa shape index (κ1) is 10.7. The number of benzene rings is 1. The van der Waals surface area contributed by atoms with Crippen molar-refractivity contribution in [1.29, 1.82) is 0 Å². The van der Waals surface area contributed by atoms with Crippen LogP contribution in [0.4, 0.5) is 0 Å². The average Bonchev–Trinajstić information content (AvgIpc) is 2.17. The van der Waals surface area contributed by atoms with Gasteiger partial charge in [0.2, 0.25) is 0 Å². The summed E-state index contributed by atoms with van der Waals surface area (Å²) < 4.78 is 5.31. The van der Waals surface area contributed by atoms with E-state index in [0.29, 0.717) is 6.10 Å². The van der Waals surface area contributed by atoms with Gasteiger partial charge in [-0.3, -0.25) is 4.90 Å². The van der Waals surface area contributed by atoms with Gasteiger partial charge in [0, 0.05) is 25.7 Å². The Bertz CT molecular complexity index is 315. The third-order valence-corrected chi connectivity index (χ3v) is 3.45. The number of hydrogen-bond donors (Lipinski definition) is 0. The molecule has 0 aromatic heterocycles. The summed E-state index contributed by atoms with van der Waals surface area (Å²) in [4.78, 5) is 2.45. The monoisotopic (exact) mass is 205 g/mol. The van der Waals surface area contributed by atoms with Crippen LogP contribution in [0.2, 0.25) is 0 Å². The number of likely N-dealkylation sites (tertiary alicyclic amines) is 1. The predicted octanol–water partition coefficient (Wildman–Crippen LogP) is 2.25. The van der Waals surface area contributed by atoms with Crippen LogP contribution in [0.5, 0.6) is 0 Å². The van der Waals surface area contributed by atoms with Crippen molar-refractivity contribution in [3.8, 4) is 0 Å². The third kappa shape index (κ3) is 1.92. The van der Waals surface area contributed by atoms with Crippen molar-refractivity contribution < 1.29 is 4.74 Å². The standard InChI is InChI=1S/C13H19NO/c1-13(2,11-7-5-4-6-8-11)14-9-12(10-14)15-3/h4-8,12H,9-10H2,1-3H3. The van der Waals surface area contributed by atoms with E-state index < -0.39 is 0 Å². The summed E-state index contributed by atoms with van der Waals surface area (Å²) in [6.07, 6.45) is 0.424. The molecule has 0 radical (unpaired) electrons. The Hall–Kier alpha value is -0.860. The van der Waals surface area contributed by atoms with E-state index in [-0.39, 0.29) is 5.54 Å². The lowest BCUT2D eigenvalue weighted by Gasteiger charge is -2.48. The highest BCUT2D eigenvalue weighted by Gasteiger charge is 2.38. The maximum atomic E-state index is 5.31. The van der Waals surface area contributed by atoms with Crippen LogP contribution < -0.4 is 0 Å². The van der Waals surface area contributed by atoms with Crippen LogP contribution >= 0.6 is 0 Å². The number of ether oxygens (including phenoxy) is 1. The van der Waals surface area contributed by atoms with Crippen LogP contribution in [-0.4, -0.2) is 31.2 Å². The molecule has 0 atom stereocenters. The van der Waals surface area contributed by atoms with E-state index in [0.717, 1.165) is 13.1 Å². The summed E-state index contributed by atoms with van der Waals surface area (Å²) in [5.74, 6) is 0. The number of hydrogen-bond acceptors (Lipinski definition) is 2. The Kier molecular flexibility index (Phi) is 2.81. The summed E-state index contributed by atoms with van der Waals surface area (Å²) in [5, 5.41) is 0. The maximum Gasteiger partial charge on any atom is 0.0825 e. The van der Waals surface area contributed by atoms with Gasteiger partial charge in [0.25, 0.3) is 0 Å². The van der Waals surface area contributed by atoms with Gasteiger partial charge >= 0.3 is 0 Å². The second-order valence-corrected chi connectivity index (χ2v) is 4.69. The van der Waals surface area contributed by atoms with Gasteiger partial charge in [0.1, 0.15) is 0 Å². The number of nitrogens with zero attached hydrogens (tertiary/aromatic N) is 1. The minimum absolute atomic E-state index is 0.121. The third-order valence-electron chi connectivity index (χ3n) is 3.45. The van der Waals surface area contributed by atoms with Gasteiger partial charge in [-0.1, -0.05) is 30.3 Å². The molecule has 15 heavy (non-hydrogen) atoms. The zero-order valence-electron chi connectivity index (χ0n) is 9.73. The zero-order chi connectivity index (χ0) is 10.9. The van der Waals surface area contributed by atoms with E-state index in [1.54, 1.807) is 7.11 Å². The van der Waals surface area contributed by atoms with Crippen LogP contribution in [-0.2, 0) is 10.3 Å². The van der Waals surface area contributed by atoms with E-state index in [9.17, 15) is 0 Å². The van der Waals surface area contributed by atoms with Gasteiger partial charge in [0.05, 0.1) is 6.10 Å². The molecule has 1 saturated heterocycles. The van der Waals surface area contributed by atoms with Gasteiger partial charge in [-0.05, 0) is 19.4 Å². The van der Waals surface area contributed by atoms with Crippen LogP contribution in [0.25, 0.3) is 0 Å². The largest absolute Gasteiger partial charge is 0.379 e. The Morgan fingerprint density at radius 3 is 2.33 bits per heavy atom. The van der Waals surface area contributed by atoms with Crippen molar-refractivity contribution in [2.24, 2.45) is 0 Å². The molecule has 1 aliphatic heterocycles. The van der Waals surface area contributed by atoms with E-state index in [1.165, 1.54) is 5.56 Å². The van der Waals surface area contributed by atoms with E-state index >= 15 is 0 Å². The SMILES string of the molecule is COC1CN(C(C)(C)c2ccccc2)C1. The highest BCUT2D eigenvalue weighted by Crippen LogP contribution is 2.32. The molecular formula is C13H19NO. The van der Waals surface area contributed by atoms with E-state index in [2.05, 4.69) is 49.1 Å². The molecule has 2 nitrogen and oxygen atoms in total. The lowest BCUT2D eigenvalue weighted by Crippen LogP contribution is -2.59. The normalized spacial score (nSPS) is 18.9. The fourth-order valence-electron chi connectivity index (χ4n) is 2.07. The Labute approximate surface area is 91.9 Å². The molecule has 1 heterocycles. The second kappa shape index (κ2) is 3.95. The van der Waals surface area contributed by atoms with Gasteiger partial charge in [0.15, 0.2) is 0 Å². The second-order valence-electron chi connectivity index (χ2n) is 4.69. The molecule has 0 amide bonds. The molecule has 0 N–H and O–H groups in total. The molecule has 1 aromatic rings. The van der Waals surface area contributed by atoms with Gasteiger partial charge in [-0.25, -0.2) is 0 Å². The highest BCUT2D eigenvalue weighted by molar-refractivity contribution is 5.23. The van der Waals surface area contributed by atoms with Crippen molar-refractivity contribution >= 4 is 0 Å². The average molecular weight is 205 g/mol. The molecule has 2 heteroatoms. The van der Waals surface area contributed by atoms with Crippen molar-refractivity contribution in [2.75, 3.05) is 20.2 Å². The molecule has 1 aliphatic rings. The summed E-state index contributed by atoms with van der Waals surface area (Å²) in [6, 6.07) is 10.7. The van der Waals surface area contributed by atoms with Crippen molar-refractivity contribution in [3.63, 3.8) is 0 Å². The molecule has 0 unspecified atom stereocenters. The molecule has 0 spiro atoms. The molecule has 82 valence electrons. The topological polar surface area (TPSA) is 12.5 Å². The Morgan fingerprint density at radius 1 is 1.20 bits per heavy atom. The Balaban J connectivity index is 2.08. The summed E-state index contributed by atoms with van der Waals surface area (Å²) in [7, 11) is 1.79. The van der Waals surface area contributed by atoms with Crippen LogP contribution in [0, 0.1) is 0 Å². The first-order valence-corrected chi connectivity index (χ1v) is 5.48. The van der Waals surface area contributed by atoms with Gasteiger partial charge < -0.3 is 4.74 Å². The molecule has 2 rings (SSSR count). The smallest absolute Gasteiger partial charge is 0.0825 e. The zero-order valence-corrected chi connectivity index (χ0v) is 9.73. The summed E-state index contributed by atoms with van der Waals surface area (Å²) >= 11 is 0. The molecule has 0 aliphatic carbocycles.